The average molecular weight is 507 g/mol. The monoisotopic (exact) mass is 506 g/mol. The van der Waals surface area contributed by atoms with Gasteiger partial charge < -0.3 is 10.1 Å². The smallest absolute Gasteiger partial charge is 0.417 e. The molecule has 0 bridgehead atoms. The second kappa shape index (κ2) is 9.21. The Kier molecular flexibility index (Phi) is 6.45. The van der Waals surface area contributed by atoms with Gasteiger partial charge in [-0.05, 0) is 49.6 Å². The van der Waals surface area contributed by atoms with Crippen molar-refractivity contribution in [3.8, 4) is 11.8 Å². The molecule has 184 valence electrons. The lowest BCUT2D eigenvalue weighted by molar-refractivity contribution is -0.142. The van der Waals surface area contributed by atoms with Gasteiger partial charge in [0.15, 0.2) is 5.69 Å². The van der Waals surface area contributed by atoms with E-state index in [0.29, 0.717) is 5.92 Å². The third-order valence-electron chi connectivity index (χ3n) is 5.61. The molecule has 0 aliphatic heterocycles. The molecule has 0 spiro atoms. The van der Waals surface area contributed by atoms with Gasteiger partial charge >= 0.3 is 6.18 Å². The summed E-state index contributed by atoms with van der Waals surface area (Å²) in [7, 11) is -3.08. The minimum Gasteiger partial charge on any atom is -0.417 e. The normalized spacial score (nSPS) is 15.7. The number of alkyl halides is 3. The molecular formula is C22H21F3N6O3S. The first-order valence-corrected chi connectivity index (χ1v) is 12.5. The highest BCUT2D eigenvalue weighted by Crippen LogP contribution is 2.36. The van der Waals surface area contributed by atoms with Crippen molar-refractivity contribution in [2.75, 3.05) is 11.6 Å². The molecule has 4 rings (SSSR count). The van der Waals surface area contributed by atoms with Gasteiger partial charge in [-0.1, -0.05) is 12.5 Å². The first kappa shape index (κ1) is 24.5. The van der Waals surface area contributed by atoms with Crippen LogP contribution in [0.2, 0.25) is 0 Å². The van der Waals surface area contributed by atoms with E-state index in [1.165, 1.54) is 36.6 Å². The van der Waals surface area contributed by atoms with Crippen LogP contribution in [-0.4, -0.2) is 36.8 Å². The quantitative estimate of drug-likeness (QED) is 0.484. The predicted molar refractivity (Wildman–Crippen MR) is 120 cm³/mol. The lowest BCUT2D eigenvalue weighted by Crippen LogP contribution is -2.21. The summed E-state index contributed by atoms with van der Waals surface area (Å²) in [4.78, 5) is 13.2. The van der Waals surface area contributed by atoms with Crippen molar-refractivity contribution in [1.29, 1.82) is 4.78 Å². The van der Waals surface area contributed by atoms with Crippen molar-refractivity contribution in [1.82, 2.24) is 20.4 Å². The summed E-state index contributed by atoms with van der Waals surface area (Å²) in [6, 6.07) is 8.90. The Labute approximate surface area is 199 Å². The van der Waals surface area contributed by atoms with Crippen molar-refractivity contribution in [3.05, 3.63) is 58.9 Å². The van der Waals surface area contributed by atoms with Gasteiger partial charge in [-0.3, -0.25) is 4.79 Å². The lowest BCUT2D eigenvalue weighted by Gasteiger charge is -2.23. The molecule has 1 aliphatic carbocycles. The Morgan fingerprint density at radius 3 is 2.46 bits per heavy atom. The number of nitrogens with one attached hydrogen (secondary N) is 2. The Hall–Kier alpha value is -3.61. The van der Waals surface area contributed by atoms with Crippen LogP contribution in [-0.2, 0) is 15.9 Å². The van der Waals surface area contributed by atoms with Gasteiger partial charge in [0.1, 0.15) is 5.56 Å². The third kappa shape index (κ3) is 5.39. The number of carbonyl (C=O) groups excluding carboxylic acids is 1. The standard InChI is InChI=1S/C22H21F3N6O3S/c1-12-18(20(32)27-14-7-4-8-15(11-14)35(2,26)33)21(31-30-19(12)22(23,24)25)34-17-10-9-16(28-29-17)13-5-3-6-13/h4,7-11,13,26H,3,5-6H2,1-2H3,(H,27,32). The minimum atomic E-state index is -4.85. The SMILES string of the molecule is Cc1c(C(F)(F)F)nnc(Oc2ccc(C3CCC3)nn2)c1C(=O)Nc1cccc(S(C)(=N)=O)c1. The highest BCUT2D eigenvalue weighted by Gasteiger charge is 2.38. The number of carbonyl (C=O) groups is 1. The van der Waals surface area contributed by atoms with Gasteiger partial charge in [-0.2, -0.15) is 18.3 Å². The van der Waals surface area contributed by atoms with Crippen LogP contribution in [0.3, 0.4) is 0 Å². The topological polar surface area (TPSA) is 131 Å². The summed E-state index contributed by atoms with van der Waals surface area (Å²) in [6.07, 6.45) is -0.505. The number of anilines is 1. The predicted octanol–water partition coefficient (Wildman–Crippen LogP) is 4.94. The molecule has 13 heteroatoms. The van der Waals surface area contributed by atoms with Crippen molar-refractivity contribution in [2.45, 2.75) is 43.2 Å². The number of rotatable bonds is 6. The maximum Gasteiger partial charge on any atom is 0.435 e. The van der Waals surface area contributed by atoms with Crippen LogP contribution in [0.25, 0.3) is 0 Å². The van der Waals surface area contributed by atoms with Crippen LogP contribution in [0, 0.1) is 11.7 Å². The zero-order valence-electron chi connectivity index (χ0n) is 18.7. The van der Waals surface area contributed by atoms with Gasteiger partial charge in [-0.15, -0.1) is 15.3 Å². The highest BCUT2D eigenvalue weighted by atomic mass is 32.2. The number of benzene rings is 1. The maximum absolute atomic E-state index is 13.5. The molecule has 0 saturated heterocycles. The Morgan fingerprint density at radius 1 is 1.14 bits per heavy atom. The molecule has 1 aromatic carbocycles. The number of hydrogen-bond acceptors (Lipinski definition) is 8. The molecule has 1 amide bonds. The van der Waals surface area contributed by atoms with E-state index in [9.17, 15) is 22.2 Å². The lowest BCUT2D eigenvalue weighted by atomic mass is 9.83. The van der Waals surface area contributed by atoms with E-state index in [-0.39, 0.29) is 16.5 Å². The first-order chi connectivity index (χ1) is 16.4. The summed E-state index contributed by atoms with van der Waals surface area (Å²) in [5.41, 5.74) is -1.40. The van der Waals surface area contributed by atoms with Gasteiger partial charge in [-0.25, -0.2) is 8.99 Å². The average Bonchev–Trinajstić information content (AvgIpc) is 2.72. The van der Waals surface area contributed by atoms with E-state index in [1.54, 1.807) is 6.07 Å². The number of hydrogen-bond donors (Lipinski definition) is 2. The number of halogens is 3. The third-order valence-corrected chi connectivity index (χ3v) is 6.76. The number of nitrogens with zero attached hydrogens (tertiary/aromatic N) is 4. The van der Waals surface area contributed by atoms with Gasteiger partial charge in [0, 0.05) is 28.8 Å². The molecular weight excluding hydrogens is 485 g/mol. The van der Waals surface area contributed by atoms with E-state index in [1.807, 2.05) is 0 Å². The molecule has 1 fully saturated rings. The second-order valence-corrected chi connectivity index (χ2v) is 10.4. The Balaban J connectivity index is 1.69. The molecule has 9 nitrogen and oxygen atoms in total. The number of ether oxygens (including phenoxy) is 1. The molecule has 2 aromatic heterocycles. The van der Waals surface area contributed by atoms with Crippen molar-refractivity contribution >= 4 is 21.3 Å². The van der Waals surface area contributed by atoms with Crippen molar-refractivity contribution < 1.29 is 26.9 Å². The Morgan fingerprint density at radius 2 is 1.89 bits per heavy atom. The largest absolute Gasteiger partial charge is 0.435 e. The summed E-state index contributed by atoms with van der Waals surface area (Å²) in [5, 5.41) is 17.2. The summed E-state index contributed by atoms with van der Waals surface area (Å²) in [6.45, 7) is 1.09. The van der Waals surface area contributed by atoms with Crippen LogP contribution in [0.4, 0.5) is 18.9 Å². The summed E-state index contributed by atoms with van der Waals surface area (Å²) >= 11 is 0. The summed E-state index contributed by atoms with van der Waals surface area (Å²) < 4.78 is 65.7. The molecule has 2 N–H and O–H groups in total. The Bertz CT molecular complexity index is 1370. The van der Waals surface area contributed by atoms with Crippen LogP contribution in [0.1, 0.15) is 52.5 Å². The molecule has 1 saturated carbocycles. The molecule has 3 aromatic rings. The maximum atomic E-state index is 13.5. The van der Waals surface area contributed by atoms with E-state index < -0.39 is 44.5 Å². The number of aromatic nitrogens is 4. The van der Waals surface area contributed by atoms with Crippen LogP contribution in [0.5, 0.6) is 11.8 Å². The number of amides is 1. The molecule has 2 heterocycles. The molecule has 1 unspecified atom stereocenters. The molecule has 1 atom stereocenters. The van der Waals surface area contributed by atoms with Gasteiger partial charge in [0.05, 0.1) is 15.4 Å². The second-order valence-electron chi connectivity index (χ2n) is 8.20. The zero-order chi connectivity index (χ0) is 25.4. The summed E-state index contributed by atoms with van der Waals surface area (Å²) in [5.74, 6) is -1.17. The highest BCUT2D eigenvalue weighted by molar-refractivity contribution is 7.91. The molecule has 1 aliphatic rings. The van der Waals surface area contributed by atoms with Crippen molar-refractivity contribution in [3.63, 3.8) is 0 Å². The minimum absolute atomic E-state index is 0.0579. The van der Waals surface area contributed by atoms with E-state index >= 15 is 0 Å². The van der Waals surface area contributed by atoms with Crippen LogP contribution in [0.15, 0.2) is 41.3 Å². The van der Waals surface area contributed by atoms with Crippen molar-refractivity contribution in [2.24, 2.45) is 0 Å². The van der Waals surface area contributed by atoms with Crippen LogP contribution < -0.4 is 10.1 Å². The van der Waals surface area contributed by atoms with E-state index in [0.717, 1.165) is 31.9 Å². The zero-order valence-corrected chi connectivity index (χ0v) is 19.5. The first-order valence-electron chi connectivity index (χ1n) is 10.5. The van der Waals surface area contributed by atoms with Gasteiger partial charge in [0.25, 0.3) is 11.8 Å². The van der Waals surface area contributed by atoms with Gasteiger partial charge in [0.2, 0.25) is 5.88 Å². The molecule has 35 heavy (non-hydrogen) atoms. The van der Waals surface area contributed by atoms with E-state index in [4.69, 9.17) is 9.52 Å². The molecule has 0 radical (unpaired) electrons. The van der Waals surface area contributed by atoms with Crippen LogP contribution >= 0.6 is 0 Å². The van der Waals surface area contributed by atoms with E-state index in [2.05, 4.69) is 25.7 Å². The fourth-order valence-corrected chi connectivity index (χ4v) is 4.21. The fourth-order valence-electron chi connectivity index (χ4n) is 3.52. The fraction of sp³-hybridized carbons (Fsp3) is 0.318.